The molecule has 4 heteroatoms. The molecule has 0 radical (unpaired) electrons. The SMILES string of the molecule is CO[C@@H](C)c1cnn(CCO)c1C. The van der Waals surface area contributed by atoms with Crippen LogP contribution in [0.5, 0.6) is 0 Å². The molecule has 1 rings (SSSR count). The van der Waals surface area contributed by atoms with Gasteiger partial charge >= 0.3 is 0 Å². The lowest BCUT2D eigenvalue weighted by atomic mass is 10.2. The normalized spacial score (nSPS) is 13.2. The van der Waals surface area contributed by atoms with Crippen molar-refractivity contribution in [1.82, 2.24) is 9.78 Å². The van der Waals surface area contributed by atoms with Gasteiger partial charge in [0.1, 0.15) is 0 Å². The molecule has 0 aliphatic rings. The highest BCUT2D eigenvalue weighted by molar-refractivity contribution is 5.18. The topological polar surface area (TPSA) is 47.3 Å². The third kappa shape index (κ3) is 2.08. The number of aliphatic hydroxyl groups excluding tert-OH is 1. The third-order valence-corrected chi connectivity index (χ3v) is 2.24. The van der Waals surface area contributed by atoms with E-state index in [0.717, 1.165) is 11.3 Å². The number of aliphatic hydroxyl groups is 1. The summed E-state index contributed by atoms with van der Waals surface area (Å²) in [6.07, 6.45) is 1.85. The third-order valence-electron chi connectivity index (χ3n) is 2.24. The average Bonchev–Trinajstić information content (AvgIpc) is 2.48. The van der Waals surface area contributed by atoms with Crippen LogP contribution in [0.3, 0.4) is 0 Å². The predicted octanol–water partition coefficient (Wildman–Crippen LogP) is 0.891. The van der Waals surface area contributed by atoms with E-state index in [1.165, 1.54) is 0 Å². The molecule has 1 aromatic heterocycles. The average molecular weight is 184 g/mol. The monoisotopic (exact) mass is 184 g/mol. The summed E-state index contributed by atoms with van der Waals surface area (Å²) in [5.74, 6) is 0. The summed E-state index contributed by atoms with van der Waals surface area (Å²) in [5, 5.41) is 12.9. The minimum absolute atomic E-state index is 0.0624. The van der Waals surface area contributed by atoms with Gasteiger partial charge in [-0.3, -0.25) is 4.68 Å². The van der Waals surface area contributed by atoms with E-state index in [-0.39, 0.29) is 12.7 Å². The first kappa shape index (κ1) is 10.2. The molecule has 0 saturated carbocycles. The molecule has 0 aromatic carbocycles. The molecule has 1 atom stereocenters. The second kappa shape index (κ2) is 4.39. The summed E-state index contributed by atoms with van der Waals surface area (Å²) < 4.78 is 6.98. The van der Waals surface area contributed by atoms with Crippen LogP contribution in [-0.4, -0.2) is 28.6 Å². The standard InChI is InChI=1S/C9H16N2O2/c1-7-9(8(2)13-3)6-10-11(7)4-5-12/h6,8,12H,4-5H2,1-3H3/t8-/m0/s1. The highest BCUT2D eigenvalue weighted by atomic mass is 16.5. The lowest BCUT2D eigenvalue weighted by Gasteiger charge is -2.08. The van der Waals surface area contributed by atoms with E-state index in [0.29, 0.717) is 6.54 Å². The van der Waals surface area contributed by atoms with Gasteiger partial charge in [0, 0.05) is 18.4 Å². The molecular formula is C9H16N2O2. The zero-order valence-electron chi connectivity index (χ0n) is 8.32. The van der Waals surface area contributed by atoms with Crippen molar-refractivity contribution in [1.29, 1.82) is 0 Å². The Morgan fingerprint density at radius 2 is 2.38 bits per heavy atom. The largest absolute Gasteiger partial charge is 0.394 e. The number of ether oxygens (including phenoxy) is 1. The first-order chi connectivity index (χ1) is 6.20. The summed E-state index contributed by atoms with van der Waals surface area (Å²) >= 11 is 0. The van der Waals surface area contributed by atoms with Crippen LogP contribution in [0, 0.1) is 6.92 Å². The fourth-order valence-corrected chi connectivity index (χ4v) is 1.31. The Kier molecular flexibility index (Phi) is 3.45. The maximum Gasteiger partial charge on any atom is 0.0826 e. The second-order valence-corrected chi connectivity index (χ2v) is 3.01. The summed E-state index contributed by atoms with van der Waals surface area (Å²) in [4.78, 5) is 0. The van der Waals surface area contributed by atoms with Crippen LogP contribution in [0.4, 0.5) is 0 Å². The van der Waals surface area contributed by atoms with Crippen molar-refractivity contribution in [2.75, 3.05) is 13.7 Å². The summed E-state index contributed by atoms with van der Waals surface area (Å²) in [6.45, 7) is 4.62. The molecule has 4 nitrogen and oxygen atoms in total. The Bertz CT molecular complexity index is 271. The van der Waals surface area contributed by atoms with Crippen LogP contribution in [0.1, 0.15) is 24.3 Å². The highest BCUT2D eigenvalue weighted by Crippen LogP contribution is 2.18. The van der Waals surface area contributed by atoms with E-state index >= 15 is 0 Å². The zero-order chi connectivity index (χ0) is 9.84. The van der Waals surface area contributed by atoms with E-state index in [2.05, 4.69) is 5.10 Å². The van der Waals surface area contributed by atoms with Crippen LogP contribution in [0.25, 0.3) is 0 Å². The zero-order valence-corrected chi connectivity index (χ0v) is 8.32. The number of methoxy groups -OCH3 is 1. The molecule has 0 bridgehead atoms. The van der Waals surface area contributed by atoms with Crippen LogP contribution >= 0.6 is 0 Å². The van der Waals surface area contributed by atoms with Gasteiger partial charge < -0.3 is 9.84 Å². The van der Waals surface area contributed by atoms with Gasteiger partial charge in [0.2, 0.25) is 0 Å². The summed E-state index contributed by atoms with van der Waals surface area (Å²) in [5.41, 5.74) is 2.14. The van der Waals surface area contributed by atoms with E-state index in [9.17, 15) is 0 Å². The Balaban J connectivity index is 2.85. The van der Waals surface area contributed by atoms with Crippen LogP contribution in [0.15, 0.2) is 6.20 Å². The van der Waals surface area contributed by atoms with Crippen molar-refractivity contribution in [2.45, 2.75) is 26.5 Å². The molecule has 0 aliphatic heterocycles. The molecule has 1 N–H and O–H groups in total. The maximum absolute atomic E-state index is 8.76. The fraction of sp³-hybridized carbons (Fsp3) is 0.667. The van der Waals surface area contributed by atoms with Crippen molar-refractivity contribution >= 4 is 0 Å². The number of rotatable bonds is 4. The van der Waals surface area contributed by atoms with Gasteiger partial charge in [0.15, 0.2) is 0 Å². The van der Waals surface area contributed by atoms with Crippen molar-refractivity contribution in [3.05, 3.63) is 17.5 Å². The number of nitrogens with zero attached hydrogens (tertiary/aromatic N) is 2. The van der Waals surface area contributed by atoms with E-state index < -0.39 is 0 Å². The molecule has 0 fully saturated rings. The molecule has 0 spiro atoms. The minimum Gasteiger partial charge on any atom is -0.394 e. The summed E-state index contributed by atoms with van der Waals surface area (Å²) in [7, 11) is 1.67. The van der Waals surface area contributed by atoms with E-state index in [1.807, 2.05) is 13.8 Å². The van der Waals surface area contributed by atoms with E-state index in [1.54, 1.807) is 18.0 Å². The molecule has 0 amide bonds. The Labute approximate surface area is 78.1 Å². The Morgan fingerprint density at radius 1 is 1.69 bits per heavy atom. The molecule has 1 heterocycles. The Morgan fingerprint density at radius 3 is 2.92 bits per heavy atom. The summed E-state index contributed by atoms with van der Waals surface area (Å²) in [6, 6.07) is 0. The van der Waals surface area contributed by atoms with Crippen LogP contribution in [0.2, 0.25) is 0 Å². The van der Waals surface area contributed by atoms with E-state index in [4.69, 9.17) is 9.84 Å². The molecule has 74 valence electrons. The molecule has 1 aromatic rings. The smallest absolute Gasteiger partial charge is 0.0826 e. The van der Waals surface area contributed by atoms with Crippen molar-refractivity contribution in [2.24, 2.45) is 0 Å². The van der Waals surface area contributed by atoms with Crippen molar-refractivity contribution in [3.63, 3.8) is 0 Å². The quantitative estimate of drug-likeness (QED) is 0.756. The number of hydrogen-bond donors (Lipinski definition) is 1. The first-order valence-electron chi connectivity index (χ1n) is 4.36. The van der Waals surface area contributed by atoms with Gasteiger partial charge in [-0.15, -0.1) is 0 Å². The maximum atomic E-state index is 8.76. The highest BCUT2D eigenvalue weighted by Gasteiger charge is 2.11. The Hall–Kier alpha value is -0.870. The number of aromatic nitrogens is 2. The van der Waals surface area contributed by atoms with Crippen LogP contribution < -0.4 is 0 Å². The van der Waals surface area contributed by atoms with Gasteiger partial charge in [0.05, 0.1) is 25.5 Å². The molecule has 0 aliphatic carbocycles. The molecule has 0 unspecified atom stereocenters. The fourth-order valence-electron chi connectivity index (χ4n) is 1.31. The second-order valence-electron chi connectivity index (χ2n) is 3.01. The van der Waals surface area contributed by atoms with Gasteiger partial charge in [-0.1, -0.05) is 0 Å². The predicted molar refractivity (Wildman–Crippen MR) is 49.5 cm³/mol. The molecule has 13 heavy (non-hydrogen) atoms. The van der Waals surface area contributed by atoms with Crippen molar-refractivity contribution < 1.29 is 9.84 Å². The van der Waals surface area contributed by atoms with Gasteiger partial charge in [-0.2, -0.15) is 5.10 Å². The first-order valence-corrected chi connectivity index (χ1v) is 4.36. The van der Waals surface area contributed by atoms with Crippen LogP contribution in [-0.2, 0) is 11.3 Å². The molecular weight excluding hydrogens is 168 g/mol. The van der Waals surface area contributed by atoms with Gasteiger partial charge in [0.25, 0.3) is 0 Å². The molecule has 0 saturated heterocycles. The lowest BCUT2D eigenvalue weighted by molar-refractivity contribution is 0.119. The lowest BCUT2D eigenvalue weighted by Crippen LogP contribution is -2.06. The van der Waals surface area contributed by atoms with Gasteiger partial charge in [-0.05, 0) is 13.8 Å². The minimum atomic E-state index is 0.0624. The van der Waals surface area contributed by atoms with Gasteiger partial charge in [-0.25, -0.2) is 0 Å². The number of hydrogen-bond acceptors (Lipinski definition) is 3. The van der Waals surface area contributed by atoms with Crippen molar-refractivity contribution in [3.8, 4) is 0 Å².